The molecule has 2 aromatic rings. The Balaban J connectivity index is 2.21. The van der Waals surface area contributed by atoms with Crippen LogP contribution in [0.25, 0.3) is 0 Å². The minimum atomic E-state index is -1.06. The molecule has 33 heavy (non-hydrogen) atoms. The Morgan fingerprint density at radius 1 is 0.818 bits per heavy atom. The Kier molecular flexibility index (Phi) is 8.67. The maximum atomic E-state index is 13.1. The summed E-state index contributed by atoms with van der Waals surface area (Å²) in [7, 11) is 1.21. The normalized spacial score (nSPS) is 12.8. The van der Waals surface area contributed by atoms with Crippen molar-refractivity contribution in [1.82, 2.24) is 10.6 Å². The first kappa shape index (κ1) is 25.5. The van der Waals surface area contributed by atoms with Gasteiger partial charge in [0.1, 0.15) is 29.2 Å². The Morgan fingerprint density at radius 3 is 1.70 bits per heavy atom. The van der Waals surface area contributed by atoms with E-state index in [9.17, 15) is 24.6 Å². The second-order valence-electron chi connectivity index (χ2n) is 8.52. The number of benzene rings is 2. The zero-order chi connectivity index (χ0) is 24.6. The molecule has 2 rings (SSSR count). The molecule has 0 aliphatic carbocycles. The van der Waals surface area contributed by atoms with Crippen molar-refractivity contribution < 1.29 is 34.1 Å². The smallest absolute Gasteiger partial charge is 0.408 e. The van der Waals surface area contributed by atoms with E-state index in [0.29, 0.717) is 11.1 Å². The van der Waals surface area contributed by atoms with Gasteiger partial charge in [0.05, 0.1) is 7.11 Å². The molecular weight excluding hydrogens is 428 g/mol. The summed E-state index contributed by atoms with van der Waals surface area (Å²) in [6.45, 7) is 5.10. The van der Waals surface area contributed by atoms with Crippen molar-refractivity contribution in [2.24, 2.45) is 0 Å². The van der Waals surface area contributed by atoms with E-state index in [0.717, 1.165) is 0 Å². The highest BCUT2D eigenvalue weighted by Crippen LogP contribution is 2.14. The van der Waals surface area contributed by atoms with E-state index in [2.05, 4.69) is 10.6 Å². The van der Waals surface area contributed by atoms with Gasteiger partial charge in [0.2, 0.25) is 5.91 Å². The lowest BCUT2D eigenvalue weighted by atomic mass is 10.0. The van der Waals surface area contributed by atoms with Crippen molar-refractivity contribution in [3.63, 3.8) is 0 Å². The summed E-state index contributed by atoms with van der Waals surface area (Å²) < 4.78 is 10.1. The number of phenolic OH excluding ortho intramolecular Hbond substituents is 2. The van der Waals surface area contributed by atoms with Crippen molar-refractivity contribution >= 4 is 18.0 Å². The highest BCUT2D eigenvalue weighted by atomic mass is 16.6. The zero-order valence-corrected chi connectivity index (χ0v) is 19.1. The van der Waals surface area contributed by atoms with Gasteiger partial charge in [-0.2, -0.15) is 0 Å². The first-order valence-electron chi connectivity index (χ1n) is 10.4. The number of hydrogen-bond acceptors (Lipinski definition) is 7. The summed E-state index contributed by atoms with van der Waals surface area (Å²) in [5.41, 5.74) is 0.604. The van der Waals surface area contributed by atoms with Crippen LogP contribution in [0.1, 0.15) is 31.9 Å². The van der Waals surface area contributed by atoms with Gasteiger partial charge in [0.25, 0.3) is 0 Å². The molecule has 0 aliphatic heterocycles. The SMILES string of the molecule is COC(=O)[C@H](Cc1ccc(O)cc1)NC(=O)[C@H](Cc1ccc(O)cc1)NC(=O)OC(C)(C)C. The fraction of sp³-hybridized carbons (Fsp3) is 0.375. The molecule has 2 aromatic carbocycles. The summed E-state index contributed by atoms with van der Waals surface area (Å²) >= 11 is 0. The van der Waals surface area contributed by atoms with E-state index in [1.807, 2.05) is 0 Å². The van der Waals surface area contributed by atoms with Gasteiger partial charge in [0.15, 0.2) is 0 Å². The Bertz CT molecular complexity index is 950. The van der Waals surface area contributed by atoms with Crippen LogP contribution < -0.4 is 10.6 Å². The van der Waals surface area contributed by atoms with Crippen LogP contribution in [-0.2, 0) is 31.9 Å². The topological polar surface area (TPSA) is 134 Å². The van der Waals surface area contributed by atoms with Gasteiger partial charge in [0, 0.05) is 12.8 Å². The highest BCUT2D eigenvalue weighted by Gasteiger charge is 2.29. The van der Waals surface area contributed by atoms with Crippen molar-refractivity contribution in [2.45, 2.75) is 51.3 Å². The molecule has 0 heterocycles. The molecule has 0 unspecified atom stereocenters. The van der Waals surface area contributed by atoms with Crippen molar-refractivity contribution in [1.29, 1.82) is 0 Å². The molecule has 0 radical (unpaired) electrons. The number of aromatic hydroxyl groups is 2. The number of amides is 2. The maximum Gasteiger partial charge on any atom is 0.408 e. The predicted molar refractivity (Wildman–Crippen MR) is 121 cm³/mol. The summed E-state index contributed by atoms with van der Waals surface area (Å²) in [4.78, 5) is 37.8. The zero-order valence-electron chi connectivity index (χ0n) is 19.1. The van der Waals surface area contributed by atoms with Crippen LogP contribution >= 0.6 is 0 Å². The second-order valence-corrected chi connectivity index (χ2v) is 8.52. The van der Waals surface area contributed by atoms with Crippen LogP contribution in [0.5, 0.6) is 11.5 Å². The summed E-state index contributed by atoms with van der Waals surface area (Å²) in [6.07, 6.45) is -0.565. The first-order chi connectivity index (χ1) is 15.5. The quantitative estimate of drug-likeness (QED) is 0.446. The van der Waals surface area contributed by atoms with Crippen molar-refractivity contribution in [2.75, 3.05) is 7.11 Å². The summed E-state index contributed by atoms with van der Waals surface area (Å²) in [6, 6.07) is 10.3. The lowest BCUT2D eigenvalue weighted by molar-refractivity contribution is -0.145. The minimum Gasteiger partial charge on any atom is -0.508 e. The van der Waals surface area contributed by atoms with Gasteiger partial charge >= 0.3 is 12.1 Å². The molecule has 2 atom stereocenters. The second kappa shape index (κ2) is 11.2. The fourth-order valence-corrected chi connectivity index (χ4v) is 3.00. The number of phenols is 2. The molecule has 0 aromatic heterocycles. The Hall–Kier alpha value is -3.75. The van der Waals surface area contributed by atoms with Crippen molar-refractivity contribution in [3.8, 4) is 11.5 Å². The number of esters is 1. The molecule has 2 amide bonds. The van der Waals surface area contributed by atoms with E-state index in [1.165, 1.54) is 31.4 Å². The molecule has 0 saturated carbocycles. The molecule has 178 valence electrons. The number of methoxy groups -OCH3 is 1. The van der Waals surface area contributed by atoms with Gasteiger partial charge < -0.3 is 30.3 Å². The van der Waals surface area contributed by atoms with Crippen LogP contribution in [0.15, 0.2) is 48.5 Å². The van der Waals surface area contributed by atoms with Crippen molar-refractivity contribution in [3.05, 3.63) is 59.7 Å². The van der Waals surface area contributed by atoms with Gasteiger partial charge in [-0.25, -0.2) is 9.59 Å². The lowest BCUT2D eigenvalue weighted by Crippen LogP contribution is -2.53. The molecule has 9 heteroatoms. The standard InChI is InChI=1S/C24H30N2O7/c1-24(2,3)33-23(31)26-19(13-15-5-9-17(27)10-6-15)21(29)25-20(22(30)32-4)14-16-7-11-18(28)12-8-16/h5-12,19-20,27-28H,13-14H2,1-4H3,(H,25,29)(H,26,31)/t19-,20-/m0/s1. The number of carbonyl (C=O) groups excluding carboxylic acids is 3. The van der Waals surface area contributed by atoms with E-state index in [1.54, 1.807) is 45.0 Å². The molecule has 0 spiro atoms. The lowest BCUT2D eigenvalue weighted by Gasteiger charge is -2.25. The number of carbonyl (C=O) groups is 3. The third kappa shape index (κ3) is 8.72. The van der Waals surface area contributed by atoms with Crippen LogP contribution in [0.3, 0.4) is 0 Å². The van der Waals surface area contributed by atoms with Crippen LogP contribution in [0, 0.1) is 0 Å². The summed E-state index contributed by atoms with van der Waals surface area (Å²) in [5.74, 6) is -1.12. The third-order valence-corrected chi connectivity index (χ3v) is 4.56. The highest BCUT2D eigenvalue weighted by molar-refractivity contribution is 5.90. The van der Waals surface area contributed by atoms with Gasteiger partial charge in [-0.15, -0.1) is 0 Å². The number of alkyl carbamates (subject to hydrolysis) is 1. The van der Waals surface area contributed by atoms with Gasteiger partial charge in [-0.05, 0) is 56.2 Å². The van der Waals surface area contributed by atoms with Crippen LogP contribution in [0.2, 0.25) is 0 Å². The van der Waals surface area contributed by atoms with Gasteiger partial charge in [-0.3, -0.25) is 4.79 Å². The van der Waals surface area contributed by atoms with Gasteiger partial charge in [-0.1, -0.05) is 24.3 Å². The molecule has 0 bridgehead atoms. The number of rotatable bonds is 8. The molecule has 0 fully saturated rings. The van der Waals surface area contributed by atoms with E-state index in [4.69, 9.17) is 9.47 Å². The minimum absolute atomic E-state index is 0.0690. The Morgan fingerprint density at radius 2 is 1.27 bits per heavy atom. The summed E-state index contributed by atoms with van der Waals surface area (Å²) in [5, 5.41) is 24.1. The van der Waals surface area contributed by atoms with Crippen LogP contribution in [-0.4, -0.2) is 53.0 Å². The monoisotopic (exact) mass is 458 g/mol. The van der Waals surface area contributed by atoms with Crippen LogP contribution in [0.4, 0.5) is 4.79 Å². The molecule has 0 aliphatic rings. The van der Waals surface area contributed by atoms with E-state index < -0.39 is 35.7 Å². The number of nitrogens with one attached hydrogen (secondary N) is 2. The average molecular weight is 459 g/mol. The number of hydrogen-bond donors (Lipinski definition) is 4. The molecule has 4 N–H and O–H groups in total. The Labute approximate surface area is 192 Å². The third-order valence-electron chi connectivity index (χ3n) is 4.56. The molecular formula is C24H30N2O7. The predicted octanol–water partition coefficient (Wildman–Crippen LogP) is 2.43. The fourth-order valence-electron chi connectivity index (χ4n) is 3.00. The average Bonchev–Trinajstić information content (AvgIpc) is 2.73. The maximum absolute atomic E-state index is 13.1. The van der Waals surface area contributed by atoms with E-state index in [-0.39, 0.29) is 24.3 Å². The molecule has 0 saturated heterocycles. The molecule has 9 nitrogen and oxygen atoms in total. The first-order valence-corrected chi connectivity index (χ1v) is 10.4. The van der Waals surface area contributed by atoms with E-state index >= 15 is 0 Å². The number of ether oxygens (including phenoxy) is 2. The largest absolute Gasteiger partial charge is 0.508 e.